The summed E-state index contributed by atoms with van der Waals surface area (Å²) in [4.78, 5) is 14.6. The molecule has 0 aromatic rings. The van der Waals surface area contributed by atoms with Gasteiger partial charge in [-0.1, -0.05) is 27.7 Å². The number of rotatable bonds is 6. The molecule has 0 aliphatic carbocycles. The smallest absolute Gasteiger partial charge is 0.226 e. The number of nitrogens with zero attached hydrogens (tertiary/aromatic N) is 1. The van der Waals surface area contributed by atoms with Crippen LogP contribution in [-0.2, 0) is 4.79 Å². The normalized spacial score (nSPS) is 18.4. The van der Waals surface area contributed by atoms with Gasteiger partial charge in [-0.2, -0.15) is 0 Å². The maximum atomic E-state index is 12.6. The summed E-state index contributed by atoms with van der Waals surface area (Å²) in [5.41, 5.74) is 5.88. The Balaban J connectivity index is 2.62. The second-order valence-corrected chi connectivity index (χ2v) is 6.71. The average Bonchev–Trinajstić information content (AvgIpc) is 2.39. The molecule has 2 N–H and O–H groups in total. The fraction of sp³-hybridized carbons (Fsp3) is 0.938. The standard InChI is InChI=1S/C16H32N2O/c1-12(2)15(13(3)4)10-14(11-17)16(19)18-8-6-5-7-9-18/h12-15H,5-11,17H2,1-4H3. The fourth-order valence-corrected chi connectivity index (χ4v) is 3.31. The molecular weight excluding hydrogens is 236 g/mol. The Hall–Kier alpha value is -0.570. The van der Waals surface area contributed by atoms with Gasteiger partial charge in [0.15, 0.2) is 0 Å². The van der Waals surface area contributed by atoms with Crippen molar-refractivity contribution in [3.8, 4) is 0 Å². The maximum Gasteiger partial charge on any atom is 0.226 e. The van der Waals surface area contributed by atoms with Crippen LogP contribution in [0, 0.1) is 23.7 Å². The third kappa shape index (κ3) is 4.79. The van der Waals surface area contributed by atoms with Gasteiger partial charge in [-0.3, -0.25) is 4.79 Å². The molecule has 1 unspecified atom stereocenters. The summed E-state index contributed by atoms with van der Waals surface area (Å²) in [6.07, 6.45) is 4.51. The summed E-state index contributed by atoms with van der Waals surface area (Å²) in [6, 6.07) is 0. The Morgan fingerprint density at radius 2 is 1.58 bits per heavy atom. The van der Waals surface area contributed by atoms with E-state index in [1.54, 1.807) is 0 Å². The number of likely N-dealkylation sites (tertiary alicyclic amines) is 1. The van der Waals surface area contributed by atoms with Crippen LogP contribution in [0.4, 0.5) is 0 Å². The molecule has 3 nitrogen and oxygen atoms in total. The zero-order chi connectivity index (χ0) is 14.4. The maximum absolute atomic E-state index is 12.6. The summed E-state index contributed by atoms with van der Waals surface area (Å²) in [5, 5.41) is 0. The number of carbonyl (C=O) groups is 1. The van der Waals surface area contributed by atoms with Crippen LogP contribution in [-0.4, -0.2) is 30.4 Å². The highest BCUT2D eigenvalue weighted by atomic mass is 16.2. The van der Waals surface area contributed by atoms with Gasteiger partial charge < -0.3 is 10.6 Å². The molecule has 3 heteroatoms. The molecule has 0 saturated carbocycles. The third-order valence-corrected chi connectivity index (χ3v) is 4.57. The van der Waals surface area contributed by atoms with E-state index >= 15 is 0 Å². The van der Waals surface area contributed by atoms with Crippen molar-refractivity contribution in [1.29, 1.82) is 0 Å². The Morgan fingerprint density at radius 3 is 2.00 bits per heavy atom. The van der Waals surface area contributed by atoms with Crippen molar-refractivity contribution < 1.29 is 4.79 Å². The molecule has 1 saturated heterocycles. The molecule has 0 bridgehead atoms. The van der Waals surface area contributed by atoms with Gasteiger partial charge in [-0.05, 0) is 43.4 Å². The van der Waals surface area contributed by atoms with Crippen LogP contribution in [0.25, 0.3) is 0 Å². The molecular formula is C16H32N2O. The Labute approximate surface area is 118 Å². The van der Waals surface area contributed by atoms with Gasteiger partial charge in [0.2, 0.25) is 5.91 Å². The minimum Gasteiger partial charge on any atom is -0.342 e. The SMILES string of the molecule is CC(C)C(CC(CN)C(=O)N1CCCCC1)C(C)C. The van der Waals surface area contributed by atoms with Crippen LogP contribution < -0.4 is 5.73 Å². The predicted molar refractivity (Wildman–Crippen MR) is 80.8 cm³/mol. The van der Waals surface area contributed by atoms with Gasteiger partial charge in [-0.25, -0.2) is 0 Å². The first kappa shape index (κ1) is 16.5. The van der Waals surface area contributed by atoms with Gasteiger partial charge in [0, 0.05) is 19.6 Å². The molecule has 0 radical (unpaired) electrons. The van der Waals surface area contributed by atoms with Gasteiger partial charge in [0.25, 0.3) is 0 Å². The van der Waals surface area contributed by atoms with Crippen molar-refractivity contribution in [3.05, 3.63) is 0 Å². The monoisotopic (exact) mass is 268 g/mol. The summed E-state index contributed by atoms with van der Waals surface area (Å²) in [5.74, 6) is 2.13. The second kappa shape index (κ2) is 7.88. The highest BCUT2D eigenvalue weighted by molar-refractivity contribution is 5.79. The van der Waals surface area contributed by atoms with E-state index in [0.29, 0.717) is 30.2 Å². The van der Waals surface area contributed by atoms with Crippen LogP contribution >= 0.6 is 0 Å². The third-order valence-electron chi connectivity index (χ3n) is 4.57. The molecule has 1 amide bonds. The molecule has 1 rings (SSSR count). The van der Waals surface area contributed by atoms with Crippen molar-refractivity contribution in [2.75, 3.05) is 19.6 Å². The van der Waals surface area contributed by atoms with Crippen LogP contribution in [0.2, 0.25) is 0 Å². The lowest BCUT2D eigenvalue weighted by molar-refractivity contribution is -0.137. The summed E-state index contributed by atoms with van der Waals surface area (Å²) >= 11 is 0. The highest BCUT2D eigenvalue weighted by Crippen LogP contribution is 2.28. The number of carbonyl (C=O) groups excluding carboxylic acids is 1. The lowest BCUT2D eigenvalue weighted by atomic mass is 9.78. The summed E-state index contributed by atoms with van der Waals surface area (Å²) in [6.45, 7) is 11.4. The zero-order valence-electron chi connectivity index (χ0n) is 13.2. The van der Waals surface area contributed by atoms with Crippen molar-refractivity contribution in [1.82, 2.24) is 4.90 Å². The lowest BCUT2D eigenvalue weighted by Crippen LogP contribution is -2.43. The second-order valence-electron chi connectivity index (χ2n) is 6.71. The van der Waals surface area contributed by atoms with E-state index in [9.17, 15) is 4.79 Å². The Bertz CT molecular complexity index is 262. The molecule has 0 spiro atoms. The molecule has 0 aromatic heterocycles. The van der Waals surface area contributed by atoms with Gasteiger partial charge >= 0.3 is 0 Å². The zero-order valence-corrected chi connectivity index (χ0v) is 13.2. The van der Waals surface area contributed by atoms with Crippen LogP contribution in [0.1, 0.15) is 53.4 Å². The first-order valence-electron chi connectivity index (χ1n) is 7.96. The quantitative estimate of drug-likeness (QED) is 0.805. The molecule has 112 valence electrons. The topological polar surface area (TPSA) is 46.3 Å². The first-order chi connectivity index (χ1) is 8.97. The lowest BCUT2D eigenvalue weighted by Gasteiger charge is -2.33. The molecule has 1 aliphatic heterocycles. The van der Waals surface area contributed by atoms with Crippen LogP contribution in [0.15, 0.2) is 0 Å². The van der Waals surface area contributed by atoms with Gasteiger partial charge in [0.1, 0.15) is 0 Å². The van der Waals surface area contributed by atoms with Gasteiger partial charge in [-0.15, -0.1) is 0 Å². The van der Waals surface area contributed by atoms with E-state index in [1.807, 2.05) is 4.90 Å². The number of hydrogen-bond donors (Lipinski definition) is 1. The molecule has 0 aromatic carbocycles. The Morgan fingerprint density at radius 1 is 1.05 bits per heavy atom. The molecule has 19 heavy (non-hydrogen) atoms. The largest absolute Gasteiger partial charge is 0.342 e. The van der Waals surface area contributed by atoms with E-state index in [1.165, 1.54) is 6.42 Å². The fourth-order valence-electron chi connectivity index (χ4n) is 3.31. The van der Waals surface area contributed by atoms with Crippen molar-refractivity contribution in [2.45, 2.75) is 53.4 Å². The van der Waals surface area contributed by atoms with E-state index in [2.05, 4.69) is 27.7 Å². The van der Waals surface area contributed by atoms with Crippen molar-refractivity contribution in [2.24, 2.45) is 29.4 Å². The molecule has 1 fully saturated rings. The molecule has 1 aliphatic rings. The van der Waals surface area contributed by atoms with E-state index in [4.69, 9.17) is 5.73 Å². The van der Waals surface area contributed by atoms with Gasteiger partial charge in [0.05, 0.1) is 5.92 Å². The minimum absolute atomic E-state index is 0.0212. The average molecular weight is 268 g/mol. The van der Waals surface area contributed by atoms with E-state index in [-0.39, 0.29) is 5.92 Å². The molecule has 1 atom stereocenters. The molecule has 1 heterocycles. The number of amides is 1. The van der Waals surface area contributed by atoms with E-state index < -0.39 is 0 Å². The summed E-state index contributed by atoms with van der Waals surface area (Å²) in [7, 11) is 0. The Kier molecular flexibility index (Phi) is 6.84. The van der Waals surface area contributed by atoms with Crippen LogP contribution in [0.3, 0.4) is 0 Å². The van der Waals surface area contributed by atoms with Crippen LogP contribution in [0.5, 0.6) is 0 Å². The summed E-state index contributed by atoms with van der Waals surface area (Å²) < 4.78 is 0. The van der Waals surface area contributed by atoms with Crippen molar-refractivity contribution >= 4 is 5.91 Å². The van der Waals surface area contributed by atoms with Crippen molar-refractivity contribution in [3.63, 3.8) is 0 Å². The number of piperidine rings is 1. The number of nitrogens with two attached hydrogens (primary N) is 1. The first-order valence-corrected chi connectivity index (χ1v) is 7.96. The highest BCUT2D eigenvalue weighted by Gasteiger charge is 2.29. The number of hydrogen-bond acceptors (Lipinski definition) is 2. The van der Waals surface area contributed by atoms with E-state index in [0.717, 1.165) is 32.4 Å². The predicted octanol–water partition coefficient (Wildman–Crippen LogP) is 2.89. The minimum atomic E-state index is 0.0212.